The first kappa shape index (κ1) is 8.16. The van der Waals surface area contributed by atoms with Crippen molar-refractivity contribution in [2.24, 2.45) is 0 Å². The number of ether oxygens (including phenoxy) is 1. The highest BCUT2D eigenvalue weighted by atomic mass is 19.1. The molecular weight excluding hydrogens is 171 g/mol. The lowest BCUT2D eigenvalue weighted by atomic mass is 10.2. The Morgan fingerprint density at radius 2 is 1.85 bits per heavy atom. The molecule has 1 aliphatic rings. The van der Waals surface area contributed by atoms with E-state index in [4.69, 9.17) is 4.74 Å². The van der Waals surface area contributed by atoms with E-state index in [0.717, 1.165) is 24.5 Å². The topological polar surface area (TPSA) is 33.3 Å². The Morgan fingerprint density at radius 1 is 1.23 bits per heavy atom. The minimum absolute atomic E-state index is 0.273. The van der Waals surface area contributed by atoms with Crippen LogP contribution in [0.3, 0.4) is 0 Å². The Bertz CT molecular complexity index is 328. The first-order valence-electron chi connectivity index (χ1n) is 4.16. The molecule has 0 unspecified atom stereocenters. The Kier molecular flexibility index (Phi) is 1.96. The first-order chi connectivity index (χ1) is 6.31. The van der Waals surface area contributed by atoms with Crippen LogP contribution < -0.4 is 15.4 Å². The minimum atomic E-state index is -0.336. The second-order valence-electron chi connectivity index (χ2n) is 2.89. The van der Waals surface area contributed by atoms with Crippen LogP contribution >= 0.6 is 0 Å². The highest BCUT2D eigenvalue weighted by molar-refractivity contribution is 5.72. The molecule has 1 aromatic rings. The predicted octanol–water partition coefficient (Wildman–Crippen LogP) is 1.67. The molecule has 2 N–H and O–H groups in total. The Hall–Kier alpha value is -1.45. The van der Waals surface area contributed by atoms with Crippen molar-refractivity contribution >= 4 is 11.4 Å². The van der Waals surface area contributed by atoms with Crippen molar-refractivity contribution in [3.05, 3.63) is 17.9 Å². The molecule has 3 nitrogen and oxygen atoms in total. The molecule has 0 amide bonds. The molecule has 1 aliphatic heterocycles. The first-order valence-corrected chi connectivity index (χ1v) is 4.16. The van der Waals surface area contributed by atoms with Crippen LogP contribution in [0.15, 0.2) is 12.1 Å². The lowest BCUT2D eigenvalue weighted by Crippen LogP contribution is -2.20. The van der Waals surface area contributed by atoms with E-state index in [0.29, 0.717) is 0 Å². The van der Waals surface area contributed by atoms with Gasteiger partial charge in [-0.25, -0.2) is 4.39 Å². The minimum Gasteiger partial charge on any atom is -0.494 e. The van der Waals surface area contributed by atoms with Gasteiger partial charge in [-0.3, -0.25) is 0 Å². The van der Waals surface area contributed by atoms with E-state index in [1.54, 1.807) is 6.07 Å². The van der Waals surface area contributed by atoms with Gasteiger partial charge in [0.2, 0.25) is 0 Å². The van der Waals surface area contributed by atoms with E-state index in [-0.39, 0.29) is 11.6 Å². The van der Waals surface area contributed by atoms with Gasteiger partial charge in [-0.1, -0.05) is 0 Å². The summed E-state index contributed by atoms with van der Waals surface area (Å²) >= 11 is 0. The zero-order valence-corrected chi connectivity index (χ0v) is 7.36. The number of hydrogen-bond acceptors (Lipinski definition) is 3. The van der Waals surface area contributed by atoms with Gasteiger partial charge in [0.25, 0.3) is 0 Å². The molecule has 0 fully saturated rings. The van der Waals surface area contributed by atoms with Gasteiger partial charge in [-0.2, -0.15) is 0 Å². The summed E-state index contributed by atoms with van der Waals surface area (Å²) in [4.78, 5) is 0. The average molecular weight is 182 g/mol. The van der Waals surface area contributed by atoms with Crippen LogP contribution in [0, 0.1) is 5.82 Å². The maximum atomic E-state index is 13.2. The van der Waals surface area contributed by atoms with Crippen molar-refractivity contribution in [2.45, 2.75) is 0 Å². The molecule has 70 valence electrons. The van der Waals surface area contributed by atoms with E-state index in [1.165, 1.54) is 13.2 Å². The molecule has 0 radical (unpaired) electrons. The molecule has 0 spiro atoms. The molecular formula is C9H11FN2O. The fourth-order valence-electron chi connectivity index (χ4n) is 1.40. The number of nitrogens with one attached hydrogen (secondary N) is 2. The largest absolute Gasteiger partial charge is 0.494 e. The fourth-order valence-corrected chi connectivity index (χ4v) is 1.40. The third kappa shape index (κ3) is 1.39. The van der Waals surface area contributed by atoms with Crippen LogP contribution in [0.2, 0.25) is 0 Å². The Morgan fingerprint density at radius 3 is 2.46 bits per heavy atom. The van der Waals surface area contributed by atoms with Gasteiger partial charge in [0.1, 0.15) is 0 Å². The van der Waals surface area contributed by atoms with Gasteiger partial charge in [0.05, 0.1) is 18.5 Å². The lowest BCUT2D eigenvalue weighted by Gasteiger charge is -2.20. The fraction of sp³-hybridized carbons (Fsp3) is 0.333. The number of fused-ring (bicyclic) bond motifs is 1. The summed E-state index contributed by atoms with van der Waals surface area (Å²) in [5.41, 5.74) is 1.69. The quantitative estimate of drug-likeness (QED) is 0.693. The maximum Gasteiger partial charge on any atom is 0.167 e. The number of rotatable bonds is 1. The summed E-state index contributed by atoms with van der Waals surface area (Å²) in [6, 6.07) is 3.11. The summed E-state index contributed by atoms with van der Waals surface area (Å²) in [6.07, 6.45) is 0. The normalized spacial score (nSPS) is 14.0. The molecule has 0 saturated carbocycles. The Balaban J connectivity index is 2.44. The van der Waals surface area contributed by atoms with Crippen molar-refractivity contribution in [2.75, 3.05) is 30.8 Å². The van der Waals surface area contributed by atoms with Crippen LogP contribution in [0.1, 0.15) is 0 Å². The van der Waals surface area contributed by atoms with E-state index in [2.05, 4.69) is 10.6 Å². The van der Waals surface area contributed by atoms with Crippen LogP contribution in [0.5, 0.6) is 5.75 Å². The molecule has 1 aromatic carbocycles. The molecule has 0 aromatic heterocycles. The number of methoxy groups -OCH3 is 1. The molecule has 2 rings (SSSR count). The van der Waals surface area contributed by atoms with Crippen molar-refractivity contribution in [1.82, 2.24) is 0 Å². The second-order valence-corrected chi connectivity index (χ2v) is 2.89. The van der Waals surface area contributed by atoms with Gasteiger partial charge in [-0.15, -0.1) is 0 Å². The number of halogens is 1. The van der Waals surface area contributed by atoms with Crippen molar-refractivity contribution in [3.63, 3.8) is 0 Å². The van der Waals surface area contributed by atoms with Gasteiger partial charge in [-0.05, 0) is 0 Å². The summed E-state index contributed by atoms with van der Waals surface area (Å²) in [6.45, 7) is 1.67. The number of benzene rings is 1. The zero-order chi connectivity index (χ0) is 9.26. The van der Waals surface area contributed by atoms with Crippen molar-refractivity contribution in [1.29, 1.82) is 0 Å². The molecule has 0 atom stereocenters. The highest BCUT2D eigenvalue weighted by Gasteiger charge is 2.12. The molecule has 0 saturated heterocycles. The summed E-state index contributed by atoms with van der Waals surface area (Å²) in [7, 11) is 1.46. The van der Waals surface area contributed by atoms with Crippen LogP contribution in [0.25, 0.3) is 0 Å². The van der Waals surface area contributed by atoms with Gasteiger partial charge in [0, 0.05) is 25.2 Å². The van der Waals surface area contributed by atoms with E-state index in [1.807, 2.05) is 0 Å². The molecule has 4 heteroatoms. The third-order valence-electron chi connectivity index (χ3n) is 2.05. The van der Waals surface area contributed by atoms with Crippen LogP contribution in [0.4, 0.5) is 15.8 Å². The maximum absolute atomic E-state index is 13.2. The lowest BCUT2D eigenvalue weighted by molar-refractivity contribution is 0.387. The average Bonchev–Trinajstić information content (AvgIpc) is 2.17. The highest BCUT2D eigenvalue weighted by Crippen LogP contribution is 2.31. The molecule has 0 bridgehead atoms. The molecule has 1 heterocycles. The van der Waals surface area contributed by atoms with Crippen molar-refractivity contribution in [3.8, 4) is 5.75 Å². The number of hydrogen-bond donors (Lipinski definition) is 2. The van der Waals surface area contributed by atoms with E-state index < -0.39 is 0 Å². The van der Waals surface area contributed by atoms with Crippen LogP contribution in [-0.4, -0.2) is 20.2 Å². The number of anilines is 2. The third-order valence-corrected chi connectivity index (χ3v) is 2.05. The van der Waals surface area contributed by atoms with Crippen molar-refractivity contribution < 1.29 is 9.13 Å². The summed E-state index contributed by atoms with van der Waals surface area (Å²) in [5, 5.41) is 6.25. The van der Waals surface area contributed by atoms with E-state index >= 15 is 0 Å². The molecule has 13 heavy (non-hydrogen) atoms. The monoisotopic (exact) mass is 182 g/mol. The SMILES string of the molecule is COc1cc2c(cc1F)NCCN2. The van der Waals surface area contributed by atoms with Gasteiger partial charge in [0.15, 0.2) is 11.6 Å². The second kappa shape index (κ2) is 3.12. The smallest absolute Gasteiger partial charge is 0.167 e. The van der Waals surface area contributed by atoms with Gasteiger partial charge >= 0.3 is 0 Å². The van der Waals surface area contributed by atoms with E-state index in [9.17, 15) is 4.39 Å². The van der Waals surface area contributed by atoms with Crippen LogP contribution in [-0.2, 0) is 0 Å². The predicted molar refractivity (Wildman–Crippen MR) is 49.9 cm³/mol. The zero-order valence-electron chi connectivity index (χ0n) is 7.36. The molecule has 0 aliphatic carbocycles. The summed E-state index contributed by atoms with van der Waals surface area (Å²) in [5.74, 6) is -0.0626. The van der Waals surface area contributed by atoms with Gasteiger partial charge < -0.3 is 15.4 Å². The standard InChI is InChI=1S/C9H11FN2O/c1-13-9-5-8-7(4-6(9)10)11-2-3-12-8/h4-5,11-12H,2-3H2,1H3. The Labute approximate surface area is 75.9 Å². The summed E-state index contributed by atoms with van der Waals surface area (Å²) < 4.78 is 18.1.